The van der Waals surface area contributed by atoms with Crippen molar-refractivity contribution in [2.24, 2.45) is 11.5 Å². The van der Waals surface area contributed by atoms with Crippen molar-refractivity contribution in [2.45, 2.75) is 24.0 Å². The molecule has 0 spiro atoms. The molecule has 3 atom stereocenters. The second-order valence-corrected chi connectivity index (χ2v) is 11.7. The topological polar surface area (TPSA) is 157 Å². The number of ketones is 1. The summed E-state index contributed by atoms with van der Waals surface area (Å²) in [6.45, 7) is 1.24. The molecule has 2 amide bonds. The van der Waals surface area contributed by atoms with Crippen LogP contribution in [-0.2, 0) is 15.1 Å². The Balaban J connectivity index is 1.41. The maximum Gasteiger partial charge on any atom is 0.262 e. The average molecular weight is 569 g/mol. The third kappa shape index (κ3) is 4.40. The minimum Gasteiger partial charge on any atom is -0.398 e. The zero-order chi connectivity index (χ0) is 28.9. The number of amides is 2. The van der Waals surface area contributed by atoms with E-state index in [1.54, 1.807) is 24.1 Å². The highest BCUT2D eigenvalue weighted by Crippen LogP contribution is 2.49. The molecule has 9 nitrogen and oxygen atoms in total. The lowest BCUT2D eigenvalue weighted by atomic mass is 9.70. The standard InChI is InChI=1S/C31H32N6O3S/c1-35-15-23(38)37-13-12-20(16-37)36-30(40)28-25-24-21(10-11-22(32)27(24)41-28)31(34,29(39)26(25)33)19-9-5-8-18(14-19)17-6-3-2-4-7-17/h2-11,14,20,26,35H,12-13,15-16,32-34H2,1H3,(H,36,40). The van der Waals surface area contributed by atoms with Crippen LogP contribution in [0.4, 0.5) is 5.69 Å². The predicted molar refractivity (Wildman–Crippen MR) is 161 cm³/mol. The van der Waals surface area contributed by atoms with E-state index in [4.69, 9.17) is 17.2 Å². The molecule has 1 fully saturated rings. The van der Waals surface area contributed by atoms with Crippen molar-refractivity contribution in [2.75, 3.05) is 32.4 Å². The van der Waals surface area contributed by atoms with Crippen LogP contribution in [0.5, 0.6) is 0 Å². The summed E-state index contributed by atoms with van der Waals surface area (Å²) in [7, 11) is 1.72. The van der Waals surface area contributed by atoms with Crippen molar-refractivity contribution in [3.8, 4) is 11.1 Å². The SMILES string of the molecule is CNCC(=O)N1CCC(NC(=O)c2sc3c(N)ccc4c3c2C(N)C(=O)C4(N)c2cccc(-c3ccccc3)c2)C1. The highest BCUT2D eigenvalue weighted by atomic mass is 32.1. The van der Waals surface area contributed by atoms with E-state index >= 15 is 0 Å². The maximum absolute atomic E-state index is 14.1. The fourth-order valence-corrected chi connectivity index (χ4v) is 7.24. The molecule has 41 heavy (non-hydrogen) atoms. The maximum atomic E-state index is 14.1. The molecule has 1 saturated heterocycles. The van der Waals surface area contributed by atoms with Crippen LogP contribution in [0.1, 0.15) is 38.8 Å². The zero-order valence-corrected chi connectivity index (χ0v) is 23.5. The number of carbonyl (C=O) groups is 3. The minimum absolute atomic E-state index is 0.0122. The molecule has 2 aliphatic rings. The van der Waals surface area contributed by atoms with Crippen LogP contribution in [0.2, 0.25) is 0 Å². The molecule has 2 heterocycles. The van der Waals surface area contributed by atoms with E-state index in [1.807, 2.05) is 54.6 Å². The Labute approximate surface area is 241 Å². The molecule has 3 unspecified atom stereocenters. The summed E-state index contributed by atoms with van der Waals surface area (Å²) in [5, 5.41) is 6.58. The van der Waals surface area contributed by atoms with E-state index in [1.165, 1.54) is 11.3 Å². The summed E-state index contributed by atoms with van der Waals surface area (Å²) in [6.07, 6.45) is 0.642. The van der Waals surface area contributed by atoms with Gasteiger partial charge in [-0.15, -0.1) is 11.3 Å². The lowest BCUT2D eigenvalue weighted by Crippen LogP contribution is -2.52. The number of nitrogens with one attached hydrogen (secondary N) is 2. The molecule has 1 aliphatic heterocycles. The van der Waals surface area contributed by atoms with Crippen LogP contribution in [0.15, 0.2) is 66.7 Å². The lowest BCUT2D eigenvalue weighted by molar-refractivity contribution is -0.129. The van der Waals surface area contributed by atoms with Crippen LogP contribution in [0.3, 0.4) is 0 Å². The Morgan fingerprint density at radius 1 is 1.07 bits per heavy atom. The first-order valence-corrected chi connectivity index (χ1v) is 14.4. The third-order valence-electron chi connectivity index (χ3n) is 8.15. The molecule has 1 aliphatic carbocycles. The predicted octanol–water partition coefficient (Wildman–Crippen LogP) is 2.49. The Hall–Kier alpha value is -4.09. The number of hydrogen-bond acceptors (Lipinski definition) is 8. The highest BCUT2D eigenvalue weighted by Gasteiger charge is 2.49. The zero-order valence-electron chi connectivity index (χ0n) is 22.6. The number of anilines is 1. The van der Waals surface area contributed by atoms with Crippen molar-refractivity contribution < 1.29 is 14.4 Å². The second kappa shape index (κ2) is 10.4. The number of rotatable bonds is 6. The van der Waals surface area contributed by atoms with Gasteiger partial charge in [0.25, 0.3) is 5.91 Å². The third-order valence-corrected chi connectivity index (χ3v) is 9.40. The van der Waals surface area contributed by atoms with Gasteiger partial charge in [0.2, 0.25) is 5.91 Å². The van der Waals surface area contributed by atoms with E-state index in [0.717, 1.165) is 11.1 Å². The van der Waals surface area contributed by atoms with Crippen LogP contribution < -0.4 is 27.8 Å². The molecule has 1 aromatic heterocycles. The molecule has 4 aromatic rings. The van der Waals surface area contributed by atoms with Gasteiger partial charge in [-0.05, 0) is 47.9 Å². The van der Waals surface area contributed by atoms with Gasteiger partial charge in [-0.2, -0.15) is 0 Å². The molecule has 10 heteroatoms. The van der Waals surface area contributed by atoms with E-state index in [9.17, 15) is 14.4 Å². The van der Waals surface area contributed by atoms with E-state index in [-0.39, 0.29) is 24.4 Å². The largest absolute Gasteiger partial charge is 0.398 e. The first kappa shape index (κ1) is 27.1. The van der Waals surface area contributed by atoms with E-state index < -0.39 is 17.4 Å². The van der Waals surface area contributed by atoms with Crippen molar-refractivity contribution >= 4 is 44.7 Å². The number of likely N-dealkylation sites (tertiary alicyclic amines) is 1. The van der Waals surface area contributed by atoms with Gasteiger partial charge >= 0.3 is 0 Å². The molecule has 0 radical (unpaired) electrons. The number of nitrogen functional groups attached to an aromatic ring is 1. The fraction of sp³-hybridized carbons (Fsp3) is 0.258. The van der Waals surface area contributed by atoms with Gasteiger partial charge in [-0.25, -0.2) is 0 Å². The lowest BCUT2D eigenvalue weighted by Gasteiger charge is -2.36. The van der Waals surface area contributed by atoms with Gasteiger partial charge in [0.1, 0.15) is 5.54 Å². The second-order valence-electron chi connectivity index (χ2n) is 10.7. The number of carbonyl (C=O) groups excluding carboxylic acids is 3. The van der Waals surface area contributed by atoms with Gasteiger partial charge < -0.3 is 32.7 Å². The minimum atomic E-state index is -1.53. The molecule has 210 valence electrons. The molecule has 8 N–H and O–H groups in total. The summed E-state index contributed by atoms with van der Waals surface area (Å²) >= 11 is 1.22. The van der Waals surface area contributed by atoms with Crippen LogP contribution in [0.25, 0.3) is 21.2 Å². The smallest absolute Gasteiger partial charge is 0.262 e. The quantitative estimate of drug-likeness (QED) is 0.224. The molecule has 0 saturated carbocycles. The van der Waals surface area contributed by atoms with Gasteiger partial charge in [0, 0.05) is 35.8 Å². The number of hydrogen-bond donors (Lipinski definition) is 5. The molecular formula is C31H32N6O3S. The normalized spacial score (nSPS) is 21.8. The van der Waals surface area contributed by atoms with Crippen molar-refractivity contribution in [1.29, 1.82) is 0 Å². The number of thiophene rings is 1. The van der Waals surface area contributed by atoms with E-state index in [2.05, 4.69) is 10.6 Å². The van der Waals surface area contributed by atoms with Gasteiger partial charge in [0.05, 0.1) is 22.2 Å². The Morgan fingerprint density at radius 3 is 2.59 bits per heavy atom. The highest BCUT2D eigenvalue weighted by molar-refractivity contribution is 7.21. The molecule has 3 aromatic carbocycles. The van der Waals surface area contributed by atoms with Crippen LogP contribution in [0, 0.1) is 0 Å². The summed E-state index contributed by atoms with van der Waals surface area (Å²) in [6, 6.07) is 19.7. The van der Waals surface area contributed by atoms with Crippen LogP contribution in [-0.4, -0.2) is 55.2 Å². The van der Waals surface area contributed by atoms with Crippen molar-refractivity contribution in [3.05, 3.63) is 88.3 Å². The average Bonchev–Trinajstić information content (AvgIpc) is 3.62. The van der Waals surface area contributed by atoms with Gasteiger partial charge in [0.15, 0.2) is 5.78 Å². The van der Waals surface area contributed by atoms with Gasteiger partial charge in [-0.3, -0.25) is 14.4 Å². The molecule has 6 rings (SSSR count). The Kier molecular flexibility index (Phi) is 6.87. The first-order valence-electron chi connectivity index (χ1n) is 13.6. The number of likely N-dealkylation sites (N-methyl/N-ethyl adjacent to an activating group) is 1. The first-order chi connectivity index (χ1) is 19.7. The summed E-state index contributed by atoms with van der Waals surface area (Å²) in [5.74, 6) is -0.737. The molecular weight excluding hydrogens is 536 g/mol. The van der Waals surface area contributed by atoms with Crippen LogP contribution >= 0.6 is 11.3 Å². The molecule has 0 bridgehead atoms. The fourth-order valence-electron chi connectivity index (χ4n) is 6.04. The van der Waals surface area contributed by atoms with Crippen molar-refractivity contribution in [1.82, 2.24) is 15.5 Å². The Morgan fingerprint density at radius 2 is 1.83 bits per heavy atom. The number of Topliss-reactive ketones (excluding diaryl/α,β-unsaturated/α-hetero) is 1. The number of benzene rings is 3. The summed E-state index contributed by atoms with van der Waals surface area (Å²) in [4.78, 5) is 42.1. The van der Waals surface area contributed by atoms with Crippen molar-refractivity contribution in [3.63, 3.8) is 0 Å². The number of nitrogens with zero attached hydrogens (tertiary/aromatic N) is 1. The summed E-state index contributed by atoms with van der Waals surface area (Å²) in [5.41, 5.74) is 22.6. The Bertz CT molecular complexity index is 1690. The number of nitrogens with two attached hydrogens (primary N) is 3. The monoisotopic (exact) mass is 568 g/mol. The van der Waals surface area contributed by atoms with Gasteiger partial charge in [-0.1, -0.05) is 54.6 Å². The van der Waals surface area contributed by atoms with E-state index in [0.29, 0.717) is 56.9 Å². The summed E-state index contributed by atoms with van der Waals surface area (Å²) < 4.78 is 0.678.